The van der Waals surface area contributed by atoms with Crippen molar-refractivity contribution >= 4 is 16.7 Å². The molecule has 6 heteroatoms. The van der Waals surface area contributed by atoms with Gasteiger partial charge in [-0.25, -0.2) is 0 Å². The maximum Gasteiger partial charge on any atom is 0.254 e. The van der Waals surface area contributed by atoms with E-state index >= 15 is 0 Å². The molecule has 30 heavy (non-hydrogen) atoms. The summed E-state index contributed by atoms with van der Waals surface area (Å²) in [5.74, 6) is 2.30. The van der Waals surface area contributed by atoms with E-state index in [0.29, 0.717) is 36.8 Å². The summed E-state index contributed by atoms with van der Waals surface area (Å²) in [7, 11) is 0. The van der Waals surface area contributed by atoms with Gasteiger partial charge in [0.1, 0.15) is 12.4 Å². The molecule has 6 nitrogen and oxygen atoms in total. The van der Waals surface area contributed by atoms with Gasteiger partial charge in [0.25, 0.3) is 5.91 Å². The summed E-state index contributed by atoms with van der Waals surface area (Å²) < 4.78 is 16.8. The van der Waals surface area contributed by atoms with E-state index in [-0.39, 0.29) is 12.7 Å². The van der Waals surface area contributed by atoms with Crippen molar-refractivity contribution in [3.05, 3.63) is 66.2 Å². The number of piperazine rings is 1. The van der Waals surface area contributed by atoms with E-state index in [1.54, 1.807) is 18.2 Å². The fourth-order valence-electron chi connectivity index (χ4n) is 3.99. The van der Waals surface area contributed by atoms with Crippen LogP contribution < -0.4 is 14.2 Å². The number of rotatable bonds is 5. The summed E-state index contributed by atoms with van der Waals surface area (Å²) in [5, 5.41) is 2.32. The largest absolute Gasteiger partial charge is 0.492 e. The summed E-state index contributed by atoms with van der Waals surface area (Å²) in [6.07, 6.45) is 0. The highest BCUT2D eigenvalue weighted by molar-refractivity contribution is 5.95. The Morgan fingerprint density at radius 1 is 0.900 bits per heavy atom. The molecule has 0 radical (unpaired) electrons. The van der Waals surface area contributed by atoms with E-state index in [1.807, 2.05) is 29.2 Å². The predicted molar refractivity (Wildman–Crippen MR) is 114 cm³/mol. The summed E-state index contributed by atoms with van der Waals surface area (Å²) in [5.41, 5.74) is 0.645. The molecule has 2 heterocycles. The Hall–Kier alpha value is -3.25. The lowest BCUT2D eigenvalue weighted by molar-refractivity contribution is 0.0620. The molecule has 0 N–H and O–H groups in total. The smallest absolute Gasteiger partial charge is 0.254 e. The standard InChI is InChI=1S/C24H24N2O4/c27-24(19-8-9-22-23(16-19)30-17-29-22)26-12-10-25(11-13-26)14-15-28-21-7-3-5-18-4-1-2-6-20(18)21/h1-9,16H,10-15,17H2. The Kier molecular flexibility index (Phi) is 5.15. The van der Waals surface area contributed by atoms with Crippen molar-refractivity contribution in [1.82, 2.24) is 9.80 Å². The van der Waals surface area contributed by atoms with E-state index < -0.39 is 0 Å². The highest BCUT2D eigenvalue weighted by Crippen LogP contribution is 2.33. The number of carbonyl (C=O) groups is 1. The van der Waals surface area contributed by atoms with Crippen LogP contribution in [0.4, 0.5) is 0 Å². The number of amides is 1. The van der Waals surface area contributed by atoms with Gasteiger partial charge in [0, 0.05) is 43.7 Å². The zero-order valence-corrected chi connectivity index (χ0v) is 16.8. The number of nitrogens with zero attached hydrogens (tertiary/aromatic N) is 2. The molecule has 2 aliphatic heterocycles. The van der Waals surface area contributed by atoms with E-state index in [1.165, 1.54) is 5.39 Å². The van der Waals surface area contributed by atoms with E-state index in [4.69, 9.17) is 14.2 Å². The zero-order chi connectivity index (χ0) is 20.3. The molecule has 0 atom stereocenters. The summed E-state index contributed by atoms with van der Waals surface area (Å²) in [6.45, 7) is 4.79. The molecule has 3 aromatic rings. The van der Waals surface area contributed by atoms with Crippen LogP contribution in [0.15, 0.2) is 60.7 Å². The molecule has 1 amide bonds. The van der Waals surface area contributed by atoms with Crippen molar-refractivity contribution in [1.29, 1.82) is 0 Å². The topological polar surface area (TPSA) is 51.2 Å². The lowest BCUT2D eigenvalue weighted by Crippen LogP contribution is -2.49. The fourth-order valence-corrected chi connectivity index (χ4v) is 3.99. The van der Waals surface area contributed by atoms with Crippen LogP contribution in [0.5, 0.6) is 17.2 Å². The van der Waals surface area contributed by atoms with Crippen molar-refractivity contribution < 1.29 is 19.0 Å². The molecule has 0 aliphatic carbocycles. The van der Waals surface area contributed by atoms with Crippen molar-refractivity contribution in [2.45, 2.75) is 0 Å². The molecule has 154 valence electrons. The van der Waals surface area contributed by atoms with Crippen molar-refractivity contribution in [2.75, 3.05) is 46.1 Å². The first-order chi connectivity index (χ1) is 14.8. The third kappa shape index (κ3) is 3.78. The van der Waals surface area contributed by atoms with Crippen LogP contribution in [0.2, 0.25) is 0 Å². The molecule has 5 rings (SSSR count). The third-order valence-corrected chi connectivity index (χ3v) is 5.69. The molecule has 1 saturated heterocycles. The van der Waals surface area contributed by atoms with Crippen molar-refractivity contribution in [2.24, 2.45) is 0 Å². The second-order valence-corrected chi connectivity index (χ2v) is 7.53. The van der Waals surface area contributed by atoms with Gasteiger partial charge >= 0.3 is 0 Å². The normalized spacial score (nSPS) is 16.1. The van der Waals surface area contributed by atoms with Gasteiger partial charge in [0.15, 0.2) is 11.5 Å². The van der Waals surface area contributed by atoms with Crippen molar-refractivity contribution in [3.8, 4) is 17.2 Å². The van der Waals surface area contributed by atoms with Gasteiger partial charge < -0.3 is 19.1 Å². The summed E-state index contributed by atoms with van der Waals surface area (Å²) in [6, 6.07) is 19.8. The van der Waals surface area contributed by atoms with Crippen LogP contribution in [0.1, 0.15) is 10.4 Å². The first kappa shape index (κ1) is 18.8. The van der Waals surface area contributed by atoms with Gasteiger partial charge in [-0.1, -0.05) is 36.4 Å². The van der Waals surface area contributed by atoms with Gasteiger partial charge in [-0.3, -0.25) is 9.69 Å². The van der Waals surface area contributed by atoms with E-state index in [0.717, 1.165) is 30.8 Å². The Morgan fingerprint density at radius 2 is 1.70 bits per heavy atom. The average molecular weight is 404 g/mol. The fraction of sp³-hybridized carbons (Fsp3) is 0.292. The Balaban J connectivity index is 1.12. The number of hydrogen-bond acceptors (Lipinski definition) is 5. The maximum absolute atomic E-state index is 12.8. The lowest BCUT2D eigenvalue weighted by atomic mass is 10.1. The SMILES string of the molecule is O=C(c1ccc2c(c1)OCO2)N1CCN(CCOc2cccc3ccccc23)CC1. The van der Waals surface area contributed by atoms with E-state index in [9.17, 15) is 4.79 Å². The van der Waals surface area contributed by atoms with E-state index in [2.05, 4.69) is 23.1 Å². The van der Waals surface area contributed by atoms with Gasteiger partial charge in [-0.15, -0.1) is 0 Å². The predicted octanol–water partition coefficient (Wildman–Crippen LogP) is 3.41. The van der Waals surface area contributed by atoms with Gasteiger partial charge in [-0.2, -0.15) is 0 Å². The molecule has 0 bridgehead atoms. The Labute approximate surface area is 175 Å². The zero-order valence-electron chi connectivity index (χ0n) is 16.8. The molecule has 3 aromatic carbocycles. The van der Waals surface area contributed by atoms with Crippen LogP contribution in [0.25, 0.3) is 10.8 Å². The minimum absolute atomic E-state index is 0.0416. The van der Waals surface area contributed by atoms with Crippen LogP contribution in [-0.4, -0.2) is 61.8 Å². The first-order valence-corrected chi connectivity index (χ1v) is 10.3. The van der Waals surface area contributed by atoms with Crippen LogP contribution in [0, 0.1) is 0 Å². The number of hydrogen-bond donors (Lipinski definition) is 0. The van der Waals surface area contributed by atoms with Gasteiger partial charge in [-0.05, 0) is 29.7 Å². The molecule has 0 saturated carbocycles. The Bertz CT molecular complexity index is 1050. The van der Waals surface area contributed by atoms with Gasteiger partial charge in [0.05, 0.1) is 0 Å². The highest BCUT2D eigenvalue weighted by Gasteiger charge is 2.24. The van der Waals surface area contributed by atoms with Crippen molar-refractivity contribution in [3.63, 3.8) is 0 Å². The minimum Gasteiger partial charge on any atom is -0.492 e. The van der Waals surface area contributed by atoms with Crippen LogP contribution >= 0.6 is 0 Å². The molecule has 0 unspecified atom stereocenters. The van der Waals surface area contributed by atoms with Gasteiger partial charge in [0.2, 0.25) is 6.79 Å². The third-order valence-electron chi connectivity index (χ3n) is 5.69. The molecular weight excluding hydrogens is 380 g/mol. The molecule has 1 fully saturated rings. The quantitative estimate of drug-likeness (QED) is 0.652. The second kappa shape index (κ2) is 8.24. The minimum atomic E-state index is 0.0416. The Morgan fingerprint density at radius 3 is 2.60 bits per heavy atom. The van der Waals surface area contributed by atoms with Crippen LogP contribution in [-0.2, 0) is 0 Å². The monoisotopic (exact) mass is 404 g/mol. The number of carbonyl (C=O) groups excluding carboxylic acids is 1. The summed E-state index contributed by atoms with van der Waals surface area (Å²) in [4.78, 5) is 17.1. The maximum atomic E-state index is 12.8. The molecular formula is C24H24N2O4. The number of fused-ring (bicyclic) bond motifs is 2. The highest BCUT2D eigenvalue weighted by atomic mass is 16.7. The molecule has 0 aromatic heterocycles. The molecule has 0 spiro atoms. The average Bonchev–Trinajstić information content (AvgIpc) is 3.27. The lowest BCUT2D eigenvalue weighted by Gasteiger charge is -2.34. The second-order valence-electron chi connectivity index (χ2n) is 7.53. The first-order valence-electron chi connectivity index (χ1n) is 10.3. The molecule has 2 aliphatic rings. The number of benzene rings is 3. The summed E-state index contributed by atoms with van der Waals surface area (Å²) >= 11 is 0. The number of ether oxygens (including phenoxy) is 3. The van der Waals surface area contributed by atoms with Crippen LogP contribution in [0.3, 0.4) is 0 Å².